The van der Waals surface area contributed by atoms with Gasteiger partial charge >= 0.3 is 0 Å². The van der Waals surface area contributed by atoms with Crippen molar-refractivity contribution >= 4 is 5.96 Å². The molecule has 2 aromatic rings. The molecule has 1 aromatic carbocycles. The van der Waals surface area contributed by atoms with Gasteiger partial charge in [0.1, 0.15) is 12.9 Å². The van der Waals surface area contributed by atoms with Crippen molar-refractivity contribution in [2.45, 2.75) is 53.8 Å². The third-order valence-corrected chi connectivity index (χ3v) is 4.18. The number of aliphatic imine (C=N–C) groups is 1. The van der Waals surface area contributed by atoms with Gasteiger partial charge in [-0.2, -0.15) is 0 Å². The maximum absolute atomic E-state index is 5.74. The van der Waals surface area contributed by atoms with Crippen molar-refractivity contribution in [1.82, 2.24) is 25.4 Å². The lowest BCUT2D eigenvalue weighted by Gasteiger charge is -2.20. The molecule has 1 aromatic heterocycles. The third kappa shape index (κ3) is 5.87. The SMILES string of the molecule is CCNC(=NCc1nncn1CC)NC(C)c1ccc(OCC)c(OCC)c1. The standard InChI is InChI=1S/C20H32N6O2/c1-6-21-20(22-13-19-25-23-14-26(19)7-2)24-15(5)16-10-11-17(27-8-3)18(12-16)28-9-4/h10-12,14-15H,6-9,13H2,1-5H3,(H2,21,22,24). The first-order valence-corrected chi connectivity index (χ1v) is 9.93. The van der Waals surface area contributed by atoms with Crippen LogP contribution < -0.4 is 20.1 Å². The molecule has 0 amide bonds. The fraction of sp³-hybridized carbons (Fsp3) is 0.550. The van der Waals surface area contributed by atoms with Crippen LogP contribution in [-0.2, 0) is 13.1 Å². The molecule has 1 heterocycles. The molecule has 1 atom stereocenters. The van der Waals surface area contributed by atoms with E-state index in [2.05, 4.69) is 39.7 Å². The second kappa shape index (κ2) is 11.2. The van der Waals surface area contributed by atoms with Crippen LogP contribution in [0.25, 0.3) is 0 Å². The number of benzene rings is 1. The van der Waals surface area contributed by atoms with Crippen molar-refractivity contribution in [3.8, 4) is 11.5 Å². The van der Waals surface area contributed by atoms with Crippen molar-refractivity contribution in [2.24, 2.45) is 4.99 Å². The van der Waals surface area contributed by atoms with E-state index in [0.29, 0.717) is 19.8 Å². The van der Waals surface area contributed by atoms with Crippen LogP contribution in [0, 0.1) is 0 Å². The fourth-order valence-electron chi connectivity index (χ4n) is 2.76. The quantitative estimate of drug-likeness (QED) is 0.481. The Hall–Kier alpha value is -2.77. The summed E-state index contributed by atoms with van der Waals surface area (Å²) >= 11 is 0. The Labute approximate surface area is 167 Å². The van der Waals surface area contributed by atoms with E-state index in [4.69, 9.17) is 9.47 Å². The largest absolute Gasteiger partial charge is 0.490 e. The number of guanidine groups is 1. The molecular weight excluding hydrogens is 356 g/mol. The normalized spacial score (nSPS) is 12.5. The first-order chi connectivity index (χ1) is 13.6. The van der Waals surface area contributed by atoms with Crippen LogP contribution in [0.1, 0.15) is 52.0 Å². The fourth-order valence-corrected chi connectivity index (χ4v) is 2.76. The number of hydrogen-bond acceptors (Lipinski definition) is 5. The first kappa shape index (κ1) is 21.5. The molecule has 1 unspecified atom stereocenters. The topological polar surface area (TPSA) is 85.6 Å². The minimum atomic E-state index is 0.0386. The average Bonchev–Trinajstić information content (AvgIpc) is 3.15. The smallest absolute Gasteiger partial charge is 0.192 e. The molecular formula is C20H32N6O2. The molecule has 0 fully saturated rings. The van der Waals surface area contributed by atoms with Crippen LogP contribution in [0.4, 0.5) is 0 Å². The van der Waals surface area contributed by atoms with Gasteiger partial charge in [-0.05, 0) is 52.3 Å². The average molecular weight is 389 g/mol. The maximum atomic E-state index is 5.74. The van der Waals surface area contributed by atoms with Crippen LogP contribution in [0.15, 0.2) is 29.5 Å². The van der Waals surface area contributed by atoms with Gasteiger partial charge in [0, 0.05) is 13.1 Å². The molecule has 0 aliphatic carbocycles. The van der Waals surface area contributed by atoms with Gasteiger partial charge < -0.3 is 24.7 Å². The Kier molecular flexibility index (Phi) is 8.58. The highest BCUT2D eigenvalue weighted by Gasteiger charge is 2.13. The number of aromatic nitrogens is 3. The van der Waals surface area contributed by atoms with Crippen molar-refractivity contribution in [3.05, 3.63) is 35.9 Å². The van der Waals surface area contributed by atoms with Crippen LogP contribution >= 0.6 is 0 Å². The molecule has 8 nitrogen and oxygen atoms in total. The van der Waals surface area contributed by atoms with Crippen molar-refractivity contribution in [2.75, 3.05) is 19.8 Å². The Balaban J connectivity index is 2.13. The number of ether oxygens (including phenoxy) is 2. The van der Waals surface area contributed by atoms with Crippen LogP contribution in [0.5, 0.6) is 11.5 Å². The lowest BCUT2D eigenvalue weighted by Crippen LogP contribution is -2.38. The molecule has 0 radical (unpaired) electrons. The van der Waals surface area contributed by atoms with Crippen LogP contribution in [-0.4, -0.2) is 40.5 Å². The minimum Gasteiger partial charge on any atom is -0.490 e. The molecule has 0 saturated heterocycles. The van der Waals surface area contributed by atoms with Crippen LogP contribution in [0.3, 0.4) is 0 Å². The van der Waals surface area contributed by atoms with Gasteiger partial charge in [0.05, 0.1) is 19.3 Å². The molecule has 0 spiro atoms. The van der Waals surface area contributed by atoms with Gasteiger partial charge in [-0.25, -0.2) is 4.99 Å². The second-order valence-corrected chi connectivity index (χ2v) is 6.17. The van der Waals surface area contributed by atoms with E-state index in [9.17, 15) is 0 Å². The van der Waals surface area contributed by atoms with E-state index in [0.717, 1.165) is 41.9 Å². The van der Waals surface area contributed by atoms with E-state index >= 15 is 0 Å². The van der Waals surface area contributed by atoms with Crippen LogP contribution in [0.2, 0.25) is 0 Å². The Morgan fingerprint density at radius 2 is 1.89 bits per heavy atom. The van der Waals surface area contributed by atoms with E-state index in [1.807, 2.05) is 43.5 Å². The molecule has 28 heavy (non-hydrogen) atoms. The summed E-state index contributed by atoms with van der Waals surface area (Å²) in [5.74, 6) is 3.09. The summed E-state index contributed by atoms with van der Waals surface area (Å²) in [7, 11) is 0. The minimum absolute atomic E-state index is 0.0386. The summed E-state index contributed by atoms with van der Waals surface area (Å²) in [5.41, 5.74) is 1.09. The van der Waals surface area contributed by atoms with Gasteiger partial charge in [0.15, 0.2) is 23.3 Å². The molecule has 0 saturated carbocycles. The first-order valence-electron chi connectivity index (χ1n) is 9.93. The summed E-state index contributed by atoms with van der Waals surface area (Å²) in [6.45, 7) is 13.4. The number of rotatable bonds is 10. The molecule has 2 rings (SSSR count). The molecule has 2 N–H and O–H groups in total. The summed E-state index contributed by atoms with van der Waals surface area (Å²) in [6, 6.07) is 6.05. The lowest BCUT2D eigenvalue weighted by atomic mass is 10.1. The van der Waals surface area contributed by atoms with E-state index in [-0.39, 0.29) is 6.04 Å². The molecule has 8 heteroatoms. The zero-order valence-electron chi connectivity index (χ0n) is 17.5. The van der Waals surface area contributed by atoms with Crippen molar-refractivity contribution < 1.29 is 9.47 Å². The highest BCUT2D eigenvalue weighted by Crippen LogP contribution is 2.30. The molecule has 0 bridgehead atoms. The summed E-state index contributed by atoms with van der Waals surface area (Å²) < 4.78 is 13.4. The molecule has 0 aliphatic heterocycles. The van der Waals surface area contributed by atoms with Gasteiger partial charge in [0.2, 0.25) is 0 Å². The number of aryl methyl sites for hydroxylation is 1. The molecule has 154 valence electrons. The monoisotopic (exact) mass is 388 g/mol. The third-order valence-electron chi connectivity index (χ3n) is 4.18. The van der Waals surface area contributed by atoms with Gasteiger partial charge in [-0.3, -0.25) is 0 Å². The van der Waals surface area contributed by atoms with Gasteiger partial charge in [-0.1, -0.05) is 6.07 Å². The number of hydrogen-bond donors (Lipinski definition) is 2. The van der Waals surface area contributed by atoms with Crippen molar-refractivity contribution in [1.29, 1.82) is 0 Å². The predicted octanol–water partition coefficient (Wildman–Crippen LogP) is 2.91. The Morgan fingerprint density at radius 1 is 1.14 bits per heavy atom. The molecule has 0 aliphatic rings. The summed E-state index contributed by atoms with van der Waals surface area (Å²) in [5, 5.41) is 14.8. The highest BCUT2D eigenvalue weighted by molar-refractivity contribution is 5.80. The number of nitrogens with zero attached hydrogens (tertiary/aromatic N) is 4. The maximum Gasteiger partial charge on any atom is 0.192 e. The predicted molar refractivity (Wildman–Crippen MR) is 111 cm³/mol. The van der Waals surface area contributed by atoms with Gasteiger partial charge in [0.25, 0.3) is 0 Å². The summed E-state index contributed by atoms with van der Waals surface area (Å²) in [6.07, 6.45) is 1.73. The van der Waals surface area contributed by atoms with Crippen molar-refractivity contribution in [3.63, 3.8) is 0 Å². The highest BCUT2D eigenvalue weighted by atomic mass is 16.5. The zero-order chi connectivity index (χ0) is 20.4. The Bertz CT molecular complexity index is 759. The van der Waals surface area contributed by atoms with E-state index < -0.39 is 0 Å². The zero-order valence-corrected chi connectivity index (χ0v) is 17.5. The van der Waals surface area contributed by atoms with E-state index in [1.54, 1.807) is 6.33 Å². The Morgan fingerprint density at radius 3 is 2.57 bits per heavy atom. The second-order valence-electron chi connectivity index (χ2n) is 6.17. The summed E-state index contributed by atoms with van der Waals surface area (Å²) in [4.78, 5) is 4.65. The number of nitrogens with one attached hydrogen (secondary N) is 2. The van der Waals surface area contributed by atoms with E-state index in [1.165, 1.54) is 0 Å². The van der Waals surface area contributed by atoms with Gasteiger partial charge in [-0.15, -0.1) is 10.2 Å². The lowest BCUT2D eigenvalue weighted by molar-refractivity contribution is 0.287.